The molecule has 4 rings (SSSR count). The monoisotopic (exact) mass is 384 g/mol. The maximum Gasteiger partial charge on any atom is 0.136 e. The molecular formula is C29H20O. The fourth-order valence-corrected chi connectivity index (χ4v) is 3.08. The molecule has 1 nitrogen and oxygen atoms in total. The van der Waals surface area contributed by atoms with Gasteiger partial charge in [-0.25, -0.2) is 0 Å². The standard InChI is InChI=1S/C29H20O/c1-3-23(14-15-24-10-6-4-7-11-24)20-28-22(2)27-19-18-26(21-29(27)30-28)17-16-25-12-8-5-9-13-25/h3-13,18-21H,1H2,2H3/b23-20+. The van der Waals surface area contributed by atoms with Crippen LogP contribution in [0.25, 0.3) is 17.0 Å². The Morgan fingerprint density at radius 1 is 0.800 bits per heavy atom. The zero-order chi connectivity index (χ0) is 20.8. The van der Waals surface area contributed by atoms with E-state index in [1.807, 2.05) is 78.9 Å². The zero-order valence-electron chi connectivity index (χ0n) is 16.8. The summed E-state index contributed by atoms with van der Waals surface area (Å²) in [5.41, 5.74) is 5.58. The summed E-state index contributed by atoms with van der Waals surface area (Å²) in [6, 6.07) is 25.9. The van der Waals surface area contributed by atoms with Gasteiger partial charge in [0.1, 0.15) is 11.3 Å². The Hall–Kier alpha value is -4.20. The van der Waals surface area contributed by atoms with Gasteiger partial charge in [0.25, 0.3) is 0 Å². The van der Waals surface area contributed by atoms with Gasteiger partial charge >= 0.3 is 0 Å². The normalized spacial score (nSPS) is 10.6. The van der Waals surface area contributed by atoms with E-state index in [-0.39, 0.29) is 0 Å². The van der Waals surface area contributed by atoms with Crippen LogP contribution in [0.1, 0.15) is 28.0 Å². The van der Waals surface area contributed by atoms with Crippen LogP contribution in [0, 0.1) is 30.6 Å². The molecule has 0 unspecified atom stereocenters. The molecule has 0 N–H and O–H groups in total. The van der Waals surface area contributed by atoms with Crippen molar-refractivity contribution in [1.82, 2.24) is 0 Å². The molecule has 1 heteroatoms. The van der Waals surface area contributed by atoms with Gasteiger partial charge in [0, 0.05) is 33.2 Å². The first-order valence-electron chi connectivity index (χ1n) is 9.74. The lowest BCUT2D eigenvalue weighted by molar-refractivity contribution is 0.601. The Bertz CT molecular complexity index is 1350. The lowest BCUT2D eigenvalue weighted by Gasteiger charge is -1.92. The molecule has 4 aromatic rings. The summed E-state index contributed by atoms with van der Waals surface area (Å²) in [4.78, 5) is 0. The maximum atomic E-state index is 6.12. The molecular weight excluding hydrogens is 364 g/mol. The molecule has 0 saturated carbocycles. The second kappa shape index (κ2) is 8.87. The molecule has 0 bridgehead atoms. The smallest absolute Gasteiger partial charge is 0.136 e. The van der Waals surface area contributed by atoms with E-state index in [9.17, 15) is 0 Å². The highest BCUT2D eigenvalue weighted by Gasteiger charge is 2.09. The third-order valence-corrected chi connectivity index (χ3v) is 4.73. The van der Waals surface area contributed by atoms with Gasteiger partial charge in [-0.2, -0.15) is 0 Å². The van der Waals surface area contributed by atoms with Gasteiger partial charge in [-0.1, -0.05) is 72.7 Å². The molecule has 0 aliphatic heterocycles. The van der Waals surface area contributed by atoms with E-state index in [1.165, 1.54) is 0 Å². The predicted molar refractivity (Wildman–Crippen MR) is 125 cm³/mol. The molecule has 0 radical (unpaired) electrons. The Balaban J connectivity index is 1.66. The summed E-state index contributed by atoms with van der Waals surface area (Å²) in [5, 5.41) is 1.07. The topological polar surface area (TPSA) is 13.1 Å². The van der Waals surface area contributed by atoms with Crippen LogP contribution in [0.2, 0.25) is 0 Å². The first kappa shape index (κ1) is 19.1. The van der Waals surface area contributed by atoms with E-state index in [4.69, 9.17) is 4.42 Å². The first-order valence-corrected chi connectivity index (χ1v) is 9.74. The number of allylic oxidation sites excluding steroid dienone is 2. The quantitative estimate of drug-likeness (QED) is 0.275. The molecule has 0 fully saturated rings. The number of hydrogen-bond donors (Lipinski definition) is 0. The van der Waals surface area contributed by atoms with Gasteiger partial charge in [-0.05, 0) is 55.5 Å². The zero-order valence-corrected chi connectivity index (χ0v) is 16.8. The van der Waals surface area contributed by atoms with Gasteiger partial charge in [0.15, 0.2) is 0 Å². The summed E-state index contributed by atoms with van der Waals surface area (Å²) >= 11 is 0. The van der Waals surface area contributed by atoms with Crippen molar-refractivity contribution >= 4 is 17.0 Å². The second-order valence-electron chi connectivity index (χ2n) is 6.84. The van der Waals surface area contributed by atoms with Gasteiger partial charge in [-0.15, -0.1) is 0 Å². The second-order valence-corrected chi connectivity index (χ2v) is 6.84. The number of aryl methyl sites for hydroxylation is 1. The van der Waals surface area contributed by atoms with Crippen LogP contribution in [0.3, 0.4) is 0 Å². The highest BCUT2D eigenvalue weighted by molar-refractivity contribution is 5.86. The molecule has 0 amide bonds. The van der Waals surface area contributed by atoms with E-state index in [1.54, 1.807) is 6.08 Å². The minimum absolute atomic E-state index is 0.787. The van der Waals surface area contributed by atoms with Crippen molar-refractivity contribution in [2.45, 2.75) is 6.92 Å². The highest BCUT2D eigenvalue weighted by Crippen LogP contribution is 2.28. The van der Waals surface area contributed by atoms with Gasteiger partial charge < -0.3 is 4.42 Å². The number of hydrogen-bond acceptors (Lipinski definition) is 1. The summed E-state index contributed by atoms with van der Waals surface area (Å²) in [6.07, 6.45) is 3.69. The average Bonchev–Trinajstić information content (AvgIpc) is 3.11. The summed E-state index contributed by atoms with van der Waals surface area (Å²) in [7, 11) is 0. The molecule has 1 heterocycles. The minimum Gasteiger partial charge on any atom is -0.456 e. The third-order valence-electron chi connectivity index (χ3n) is 4.73. The van der Waals surface area contributed by atoms with E-state index in [0.29, 0.717) is 0 Å². The van der Waals surface area contributed by atoms with E-state index in [0.717, 1.165) is 44.6 Å². The number of furan rings is 1. The summed E-state index contributed by atoms with van der Waals surface area (Å²) in [5.74, 6) is 13.5. The molecule has 3 aromatic carbocycles. The van der Waals surface area contributed by atoms with Crippen LogP contribution >= 0.6 is 0 Å². The predicted octanol–water partition coefficient (Wildman–Crippen LogP) is 6.76. The molecule has 0 saturated heterocycles. The van der Waals surface area contributed by atoms with Gasteiger partial charge in [0.2, 0.25) is 0 Å². The van der Waals surface area contributed by atoms with Crippen LogP contribution in [0.5, 0.6) is 0 Å². The Kier molecular flexibility index (Phi) is 5.66. The number of fused-ring (bicyclic) bond motifs is 1. The van der Waals surface area contributed by atoms with Gasteiger partial charge in [0.05, 0.1) is 0 Å². The number of benzene rings is 3. The van der Waals surface area contributed by atoms with Crippen LogP contribution in [0.15, 0.2) is 102 Å². The first-order chi connectivity index (χ1) is 14.7. The van der Waals surface area contributed by atoms with E-state index >= 15 is 0 Å². The molecule has 30 heavy (non-hydrogen) atoms. The summed E-state index contributed by atoms with van der Waals surface area (Å²) < 4.78 is 6.12. The lowest BCUT2D eigenvalue weighted by Crippen LogP contribution is -1.78. The molecule has 142 valence electrons. The Morgan fingerprint density at radius 3 is 2.10 bits per heavy atom. The SMILES string of the molecule is C=C/C(C#Cc1ccccc1)=C\c1oc2cc(C#Cc3ccccc3)ccc2c1C. The van der Waals surface area contributed by atoms with Crippen LogP contribution in [-0.2, 0) is 0 Å². The maximum absolute atomic E-state index is 6.12. The van der Waals surface area contributed by atoms with Crippen LogP contribution in [-0.4, -0.2) is 0 Å². The Labute approximate surface area is 177 Å². The minimum atomic E-state index is 0.787. The Morgan fingerprint density at radius 2 is 1.43 bits per heavy atom. The van der Waals surface area contributed by atoms with Crippen molar-refractivity contribution in [1.29, 1.82) is 0 Å². The van der Waals surface area contributed by atoms with Crippen LogP contribution in [0.4, 0.5) is 0 Å². The third kappa shape index (κ3) is 4.44. The molecule has 1 aromatic heterocycles. The van der Waals surface area contributed by atoms with Crippen molar-refractivity contribution in [2.75, 3.05) is 0 Å². The lowest BCUT2D eigenvalue weighted by atomic mass is 10.1. The average molecular weight is 384 g/mol. The summed E-state index contributed by atoms with van der Waals surface area (Å²) in [6.45, 7) is 5.94. The molecule has 0 aliphatic carbocycles. The van der Waals surface area contributed by atoms with Crippen molar-refractivity contribution in [3.63, 3.8) is 0 Å². The molecule has 0 atom stereocenters. The van der Waals surface area contributed by atoms with Crippen molar-refractivity contribution in [3.05, 3.63) is 125 Å². The van der Waals surface area contributed by atoms with Crippen molar-refractivity contribution in [2.24, 2.45) is 0 Å². The largest absolute Gasteiger partial charge is 0.456 e. The fourth-order valence-electron chi connectivity index (χ4n) is 3.08. The van der Waals surface area contributed by atoms with E-state index < -0.39 is 0 Å². The van der Waals surface area contributed by atoms with Crippen LogP contribution < -0.4 is 0 Å². The fraction of sp³-hybridized carbons (Fsp3) is 0.0345. The van der Waals surface area contributed by atoms with Gasteiger partial charge in [-0.3, -0.25) is 0 Å². The molecule has 0 spiro atoms. The van der Waals surface area contributed by atoms with E-state index in [2.05, 4.69) is 43.3 Å². The van der Waals surface area contributed by atoms with Crippen molar-refractivity contribution in [3.8, 4) is 23.7 Å². The van der Waals surface area contributed by atoms with Crippen molar-refractivity contribution < 1.29 is 4.42 Å². The number of rotatable bonds is 2. The molecule has 0 aliphatic rings. The highest BCUT2D eigenvalue weighted by atomic mass is 16.3.